The molecule has 0 N–H and O–H groups in total. The van der Waals surface area contributed by atoms with Gasteiger partial charge in [-0.1, -0.05) is 55.8 Å². The van der Waals surface area contributed by atoms with E-state index >= 15 is 0 Å². The van der Waals surface area contributed by atoms with Crippen LogP contribution in [0.15, 0.2) is 48.5 Å². The number of ether oxygens (including phenoxy) is 1. The van der Waals surface area contributed by atoms with E-state index in [0.29, 0.717) is 12.2 Å². The average molecular weight is 374 g/mol. The van der Waals surface area contributed by atoms with Gasteiger partial charge in [0.05, 0.1) is 29.6 Å². The molecule has 0 saturated carbocycles. The number of rotatable bonds is 8. The van der Waals surface area contributed by atoms with E-state index in [-0.39, 0.29) is 0 Å². The van der Waals surface area contributed by atoms with Gasteiger partial charge in [0.2, 0.25) is 0 Å². The predicted octanol–water partition coefficient (Wildman–Crippen LogP) is 5.04. The third-order valence-corrected chi connectivity index (χ3v) is 5.10. The lowest BCUT2D eigenvalue weighted by molar-refractivity contribution is 0.177. The van der Waals surface area contributed by atoms with Crippen molar-refractivity contribution in [2.24, 2.45) is 7.05 Å². The van der Waals surface area contributed by atoms with Gasteiger partial charge in [-0.2, -0.15) is 10.4 Å². The first-order valence-electron chi connectivity index (χ1n) is 9.78. The van der Waals surface area contributed by atoms with Gasteiger partial charge in [-0.25, -0.2) is 0 Å². The standard InChI is InChI=1S/C24H27N3O/c1-4-5-10-23-22(24(17-28-3)27(2)26-23)15-18-11-13-19(14-12-18)21-9-7-6-8-20(21)16-25/h6-9,11-14H,4-5,10,15,17H2,1-3H3. The molecule has 1 aromatic heterocycles. The van der Waals surface area contributed by atoms with Gasteiger partial charge in [0.15, 0.2) is 0 Å². The van der Waals surface area contributed by atoms with Crippen molar-refractivity contribution in [3.05, 3.63) is 76.6 Å². The molecule has 28 heavy (non-hydrogen) atoms. The van der Waals surface area contributed by atoms with Crippen LogP contribution in [0.5, 0.6) is 0 Å². The molecule has 0 amide bonds. The summed E-state index contributed by atoms with van der Waals surface area (Å²) in [6, 6.07) is 18.5. The maximum atomic E-state index is 9.34. The normalized spacial score (nSPS) is 10.8. The fourth-order valence-corrected chi connectivity index (χ4v) is 3.57. The molecule has 3 rings (SSSR count). The highest BCUT2D eigenvalue weighted by Gasteiger charge is 2.16. The van der Waals surface area contributed by atoms with Crippen LogP contribution in [-0.2, 0) is 31.2 Å². The second-order valence-electron chi connectivity index (χ2n) is 7.06. The highest BCUT2D eigenvalue weighted by molar-refractivity contribution is 5.70. The highest BCUT2D eigenvalue weighted by atomic mass is 16.5. The Balaban J connectivity index is 1.89. The lowest BCUT2D eigenvalue weighted by Crippen LogP contribution is -2.02. The van der Waals surface area contributed by atoms with Gasteiger partial charge in [-0.15, -0.1) is 0 Å². The number of unbranched alkanes of at least 4 members (excludes halogenated alkanes) is 1. The number of nitriles is 1. The Hall–Kier alpha value is -2.90. The summed E-state index contributed by atoms with van der Waals surface area (Å²) in [7, 11) is 3.72. The number of benzene rings is 2. The Morgan fingerprint density at radius 3 is 2.54 bits per heavy atom. The molecular weight excluding hydrogens is 346 g/mol. The SMILES string of the molecule is CCCCc1nn(C)c(COC)c1Cc1ccc(-c2ccccc2C#N)cc1. The second kappa shape index (κ2) is 9.34. The highest BCUT2D eigenvalue weighted by Crippen LogP contribution is 2.26. The first-order valence-corrected chi connectivity index (χ1v) is 9.78. The van der Waals surface area contributed by atoms with Crippen LogP contribution in [0.3, 0.4) is 0 Å². The summed E-state index contributed by atoms with van der Waals surface area (Å²) in [5.41, 5.74) is 7.58. The van der Waals surface area contributed by atoms with Crippen molar-refractivity contribution in [2.75, 3.05) is 7.11 Å². The molecule has 0 fully saturated rings. The van der Waals surface area contributed by atoms with Gasteiger partial charge in [-0.3, -0.25) is 4.68 Å². The fourth-order valence-electron chi connectivity index (χ4n) is 3.57. The van der Waals surface area contributed by atoms with E-state index < -0.39 is 0 Å². The van der Waals surface area contributed by atoms with E-state index in [9.17, 15) is 5.26 Å². The zero-order valence-electron chi connectivity index (χ0n) is 16.9. The second-order valence-corrected chi connectivity index (χ2v) is 7.06. The first kappa shape index (κ1) is 19.9. The Labute approximate surface area is 167 Å². The summed E-state index contributed by atoms with van der Waals surface area (Å²) in [5.74, 6) is 0. The molecular formula is C24H27N3O. The zero-order chi connectivity index (χ0) is 19.9. The zero-order valence-corrected chi connectivity index (χ0v) is 16.9. The average Bonchev–Trinajstić information content (AvgIpc) is 3.02. The minimum absolute atomic E-state index is 0.568. The summed E-state index contributed by atoms with van der Waals surface area (Å²) < 4.78 is 7.38. The van der Waals surface area contributed by atoms with E-state index in [0.717, 1.165) is 42.5 Å². The van der Waals surface area contributed by atoms with Crippen molar-refractivity contribution in [3.63, 3.8) is 0 Å². The van der Waals surface area contributed by atoms with Crippen LogP contribution < -0.4 is 0 Å². The Bertz CT molecular complexity index is 965. The number of hydrogen-bond acceptors (Lipinski definition) is 3. The molecule has 1 heterocycles. The lowest BCUT2D eigenvalue weighted by atomic mass is 9.96. The van der Waals surface area contributed by atoms with E-state index in [1.54, 1.807) is 7.11 Å². The van der Waals surface area contributed by atoms with Crippen molar-refractivity contribution < 1.29 is 4.74 Å². The smallest absolute Gasteiger partial charge is 0.0998 e. The molecule has 0 atom stereocenters. The molecule has 0 aliphatic heterocycles. The van der Waals surface area contributed by atoms with E-state index in [1.807, 2.05) is 36.0 Å². The van der Waals surface area contributed by atoms with Crippen LogP contribution in [0.2, 0.25) is 0 Å². The van der Waals surface area contributed by atoms with Gasteiger partial charge in [0, 0.05) is 26.1 Å². The molecule has 3 aromatic rings. The molecule has 0 bridgehead atoms. The number of aromatic nitrogens is 2. The Morgan fingerprint density at radius 2 is 1.86 bits per heavy atom. The van der Waals surface area contributed by atoms with E-state index in [1.165, 1.54) is 16.8 Å². The molecule has 2 aromatic carbocycles. The molecule has 0 aliphatic carbocycles. The third-order valence-electron chi connectivity index (χ3n) is 5.10. The van der Waals surface area contributed by atoms with E-state index in [2.05, 4.69) is 37.3 Å². The first-order chi connectivity index (χ1) is 13.7. The van der Waals surface area contributed by atoms with Gasteiger partial charge >= 0.3 is 0 Å². The van der Waals surface area contributed by atoms with Gasteiger partial charge in [0.25, 0.3) is 0 Å². The van der Waals surface area contributed by atoms with Crippen molar-refractivity contribution in [3.8, 4) is 17.2 Å². The van der Waals surface area contributed by atoms with Crippen molar-refractivity contribution in [1.29, 1.82) is 5.26 Å². The molecule has 144 valence electrons. The Morgan fingerprint density at radius 1 is 1.11 bits per heavy atom. The van der Waals surface area contributed by atoms with Gasteiger partial charge in [0.1, 0.15) is 0 Å². The topological polar surface area (TPSA) is 50.8 Å². The molecule has 0 unspecified atom stereocenters. The largest absolute Gasteiger partial charge is 0.378 e. The monoisotopic (exact) mass is 373 g/mol. The quantitative estimate of drug-likeness (QED) is 0.556. The predicted molar refractivity (Wildman–Crippen MR) is 112 cm³/mol. The summed E-state index contributed by atoms with van der Waals surface area (Å²) >= 11 is 0. The molecule has 0 spiro atoms. The summed E-state index contributed by atoms with van der Waals surface area (Å²) in [5, 5.41) is 14.1. The number of aryl methyl sites for hydroxylation is 2. The van der Waals surface area contributed by atoms with Gasteiger partial charge < -0.3 is 4.74 Å². The third kappa shape index (κ3) is 4.32. The van der Waals surface area contributed by atoms with Crippen LogP contribution in [0.4, 0.5) is 0 Å². The lowest BCUT2D eigenvalue weighted by Gasteiger charge is -2.09. The van der Waals surface area contributed by atoms with Crippen LogP contribution in [0.25, 0.3) is 11.1 Å². The minimum atomic E-state index is 0.568. The molecule has 0 radical (unpaired) electrons. The van der Waals surface area contributed by atoms with Crippen LogP contribution in [-0.4, -0.2) is 16.9 Å². The maximum absolute atomic E-state index is 9.34. The molecule has 0 saturated heterocycles. The fraction of sp³-hybridized carbons (Fsp3) is 0.333. The summed E-state index contributed by atoms with van der Waals surface area (Å²) in [6.07, 6.45) is 4.13. The van der Waals surface area contributed by atoms with Crippen molar-refractivity contribution >= 4 is 0 Å². The van der Waals surface area contributed by atoms with E-state index in [4.69, 9.17) is 9.84 Å². The van der Waals surface area contributed by atoms with Crippen LogP contribution in [0, 0.1) is 11.3 Å². The van der Waals surface area contributed by atoms with Crippen molar-refractivity contribution in [2.45, 2.75) is 39.2 Å². The molecule has 0 aliphatic rings. The molecule has 4 heteroatoms. The minimum Gasteiger partial charge on any atom is -0.378 e. The number of methoxy groups -OCH3 is 1. The Kier molecular flexibility index (Phi) is 6.62. The number of nitrogens with zero attached hydrogens (tertiary/aromatic N) is 3. The van der Waals surface area contributed by atoms with Gasteiger partial charge in [-0.05, 0) is 35.6 Å². The molecule has 4 nitrogen and oxygen atoms in total. The summed E-state index contributed by atoms with van der Waals surface area (Å²) in [4.78, 5) is 0. The maximum Gasteiger partial charge on any atom is 0.0998 e. The van der Waals surface area contributed by atoms with Crippen molar-refractivity contribution in [1.82, 2.24) is 9.78 Å². The summed E-state index contributed by atoms with van der Waals surface area (Å²) in [6.45, 7) is 2.77. The van der Waals surface area contributed by atoms with Crippen LogP contribution in [0.1, 0.15) is 47.8 Å². The number of hydrogen-bond donors (Lipinski definition) is 0. The van der Waals surface area contributed by atoms with Crippen LogP contribution >= 0.6 is 0 Å².